The van der Waals surface area contributed by atoms with Gasteiger partial charge in [0.1, 0.15) is 0 Å². The Morgan fingerprint density at radius 1 is 1.35 bits per heavy atom. The van der Waals surface area contributed by atoms with Gasteiger partial charge < -0.3 is 20.5 Å². The van der Waals surface area contributed by atoms with Crippen LogP contribution in [0.25, 0.3) is 0 Å². The summed E-state index contributed by atoms with van der Waals surface area (Å²) in [5.74, 6) is -0.632. The largest absolute Gasteiger partial charge is 0.481 e. The van der Waals surface area contributed by atoms with Crippen molar-refractivity contribution in [2.45, 2.75) is 51.6 Å². The summed E-state index contributed by atoms with van der Waals surface area (Å²) in [6.07, 6.45) is 5.27. The molecule has 1 aliphatic rings. The average Bonchev–Trinajstić information content (AvgIpc) is 2.44. The molecule has 1 heterocycles. The van der Waals surface area contributed by atoms with E-state index in [1.54, 1.807) is 0 Å². The Kier molecular flexibility index (Phi) is 8.02. The van der Waals surface area contributed by atoms with Crippen LogP contribution in [0, 0.1) is 5.92 Å². The lowest BCUT2D eigenvalue weighted by Gasteiger charge is -2.22. The summed E-state index contributed by atoms with van der Waals surface area (Å²) >= 11 is 0. The van der Waals surface area contributed by atoms with E-state index in [9.17, 15) is 9.59 Å². The van der Waals surface area contributed by atoms with Crippen LogP contribution in [0.4, 0.5) is 4.79 Å². The highest BCUT2D eigenvalue weighted by molar-refractivity contribution is 5.73. The minimum atomic E-state index is -0.797. The Hall–Kier alpha value is -1.30. The number of carboxylic acids is 1. The zero-order chi connectivity index (χ0) is 14.8. The molecular formula is C14H26N2O4. The molecule has 0 aliphatic carbocycles. The Balaban J connectivity index is 2.00. The fourth-order valence-electron chi connectivity index (χ4n) is 2.18. The van der Waals surface area contributed by atoms with Crippen LogP contribution in [0.1, 0.15) is 45.4 Å². The number of amides is 2. The minimum Gasteiger partial charge on any atom is -0.481 e. The molecule has 0 aromatic carbocycles. The first-order chi connectivity index (χ1) is 9.58. The summed E-state index contributed by atoms with van der Waals surface area (Å²) in [7, 11) is 0. The third-order valence-corrected chi connectivity index (χ3v) is 3.49. The third kappa shape index (κ3) is 7.99. The van der Waals surface area contributed by atoms with E-state index in [4.69, 9.17) is 9.84 Å². The number of hydrogen-bond acceptors (Lipinski definition) is 3. The van der Waals surface area contributed by atoms with Gasteiger partial charge in [0.2, 0.25) is 0 Å². The van der Waals surface area contributed by atoms with Gasteiger partial charge in [-0.1, -0.05) is 6.92 Å². The second kappa shape index (κ2) is 9.58. The van der Waals surface area contributed by atoms with Gasteiger partial charge in [-0.3, -0.25) is 4.79 Å². The summed E-state index contributed by atoms with van der Waals surface area (Å²) in [6.45, 7) is 3.87. The SMILES string of the molecule is CC(CCC(=O)O)CNC(=O)NCCC1CCCCO1. The van der Waals surface area contributed by atoms with E-state index < -0.39 is 5.97 Å². The third-order valence-electron chi connectivity index (χ3n) is 3.49. The van der Waals surface area contributed by atoms with E-state index in [0.717, 1.165) is 25.9 Å². The van der Waals surface area contributed by atoms with Crippen molar-refractivity contribution >= 4 is 12.0 Å². The number of carbonyl (C=O) groups is 2. The van der Waals surface area contributed by atoms with Crippen LogP contribution in [-0.2, 0) is 9.53 Å². The van der Waals surface area contributed by atoms with Gasteiger partial charge in [-0.2, -0.15) is 0 Å². The van der Waals surface area contributed by atoms with Crippen LogP contribution < -0.4 is 10.6 Å². The van der Waals surface area contributed by atoms with Gasteiger partial charge in [0.25, 0.3) is 0 Å². The zero-order valence-corrected chi connectivity index (χ0v) is 12.2. The molecule has 1 saturated heterocycles. The van der Waals surface area contributed by atoms with Crippen molar-refractivity contribution in [2.75, 3.05) is 19.7 Å². The first-order valence-corrected chi connectivity index (χ1v) is 7.43. The van der Waals surface area contributed by atoms with E-state index in [0.29, 0.717) is 19.5 Å². The molecule has 1 aliphatic heterocycles. The smallest absolute Gasteiger partial charge is 0.314 e. The van der Waals surface area contributed by atoms with Gasteiger partial charge in [0.15, 0.2) is 0 Å². The van der Waals surface area contributed by atoms with Crippen molar-refractivity contribution in [3.05, 3.63) is 0 Å². The second-order valence-corrected chi connectivity index (χ2v) is 5.45. The Morgan fingerprint density at radius 2 is 2.15 bits per heavy atom. The average molecular weight is 286 g/mol. The summed E-state index contributed by atoms with van der Waals surface area (Å²) in [6, 6.07) is -0.192. The molecule has 6 heteroatoms. The molecule has 116 valence electrons. The minimum absolute atomic E-state index is 0.142. The maximum absolute atomic E-state index is 11.5. The van der Waals surface area contributed by atoms with Gasteiger partial charge in [0, 0.05) is 26.1 Å². The highest BCUT2D eigenvalue weighted by Gasteiger charge is 2.13. The van der Waals surface area contributed by atoms with E-state index in [-0.39, 0.29) is 24.5 Å². The van der Waals surface area contributed by atoms with Crippen molar-refractivity contribution in [3.8, 4) is 0 Å². The number of hydrogen-bond donors (Lipinski definition) is 3. The van der Waals surface area contributed by atoms with Gasteiger partial charge >= 0.3 is 12.0 Å². The molecule has 6 nitrogen and oxygen atoms in total. The Labute approximate surface area is 120 Å². The highest BCUT2D eigenvalue weighted by atomic mass is 16.5. The molecule has 0 aromatic rings. The van der Waals surface area contributed by atoms with E-state index >= 15 is 0 Å². The summed E-state index contributed by atoms with van der Waals surface area (Å²) < 4.78 is 5.58. The maximum atomic E-state index is 11.5. The lowest BCUT2D eigenvalue weighted by Crippen LogP contribution is -2.39. The number of urea groups is 1. The number of carbonyl (C=O) groups excluding carboxylic acids is 1. The molecule has 2 unspecified atom stereocenters. The standard InChI is InChI=1S/C14H26N2O4/c1-11(5-6-13(17)18)10-16-14(19)15-8-7-12-4-2-3-9-20-12/h11-12H,2-10H2,1H3,(H,17,18)(H2,15,16,19). The quantitative estimate of drug-likeness (QED) is 0.634. The monoisotopic (exact) mass is 286 g/mol. The highest BCUT2D eigenvalue weighted by Crippen LogP contribution is 2.14. The molecule has 20 heavy (non-hydrogen) atoms. The Morgan fingerprint density at radius 3 is 2.80 bits per heavy atom. The predicted octanol–water partition coefficient (Wildman–Crippen LogP) is 1.75. The molecule has 3 N–H and O–H groups in total. The van der Waals surface area contributed by atoms with Crippen LogP contribution in [0.5, 0.6) is 0 Å². The molecular weight excluding hydrogens is 260 g/mol. The second-order valence-electron chi connectivity index (χ2n) is 5.45. The predicted molar refractivity (Wildman–Crippen MR) is 75.6 cm³/mol. The Bertz CT molecular complexity index is 304. The first kappa shape index (κ1) is 16.8. The van der Waals surface area contributed by atoms with Gasteiger partial charge in [-0.25, -0.2) is 4.79 Å². The van der Waals surface area contributed by atoms with Gasteiger partial charge in [-0.15, -0.1) is 0 Å². The van der Waals surface area contributed by atoms with Crippen molar-refractivity contribution in [2.24, 2.45) is 5.92 Å². The molecule has 0 saturated carbocycles. The van der Waals surface area contributed by atoms with Crippen molar-refractivity contribution in [1.29, 1.82) is 0 Å². The van der Waals surface area contributed by atoms with Crippen molar-refractivity contribution in [3.63, 3.8) is 0 Å². The van der Waals surface area contributed by atoms with Gasteiger partial charge in [-0.05, 0) is 38.0 Å². The molecule has 0 bridgehead atoms. The topological polar surface area (TPSA) is 87.7 Å². The summed E-state index contributed by atoms with van der Waals surface area (Å²) in [4.78, 5) is 22.0. The number of nitrogens with one attached hydrogen (secondary N) is 2. The molecule has 0 aromatic heterocycles. The fraction of sp³-hybridized carbons (Fsp3) is 0.857. The maximum Gasteiger partial charge on any atom is 0.314 e. The lowest BCUT2D eigenvalue weighted by molar-refractivity contribution is -0.137. The van der Waals surface area contributed by atoms with E-state index in [1.165, 1.54) is 6.42 Å². The zero-order valence-electron chi connectivity index (χ0n) is 12.2. The first-order valence-electron chi connectivity index (χ1n) is 7.43. The van der Waals surface area contributed by atoms with E-state index in [2.05, 4.69) is 10.6 Å². The van der Waals surface area contributed by atoms with Crippen LogP contribution in [0.3, 0.4) is 0 Å². The van der Waals surface area contributed by atoms with Crippen molar-refractivity contribution in [1.82, 2.24) is 10.6 Å². The van der Waals surface area contributed by atoms with Crippen molar-refractivity contribution < 1.29 is 19.4 Å². The van der Waals surface area contributed by atoms with Crippen LogP contribution in [-0.4, -0.2) is 42.9 Å². The molecule has 2 atom stereocenters. The fourth-order valence-corrected chi connectivity index (χ4v) is 2.18. The molecule has 0 radical (unpaired) electrons. The number of ether oxygens (including phenoxy) is 1. The number of carboxylic acid groups (broad SMARTS) is 1. The van der Waals surface area contributed by atoms with Crippen LogP contribution >= 0.6 is 0 Å². The van der Waals surface area contributed by atoms with E-state index in [1.807, 2.05) is 6.92 Å². The van der Waals surface area contributed by atoms with Gasteiger partial charge in [0.05, 0.1) is 6.10 Å². The summed E-state index contributed by atoms with van der Waals surface area (Å²) in [5.41, 5.74) is 0. The normalized spacial score (nSPS) is 20.1. The molecule has 0 spiro atoms. The number of aliphatic carboxylic acids is 1. The van der Waals surface area contributed by atoms with Crippen LogP contribution in [0.2, 0.25) is 0 Å². The molecule has 1 fully saturated rings. The number of rotatable bonds is 8. The van der Waals surface area contributed by atoms with Crippen LogP contribution in [0.15, 0.2) is 0 Å². The molecule has 2 amide bonds. The lowest BCUT2D eigenvalue weighted by atomic mass is 10.1. The summed E-state index contributed by atoms with van der Waals surface area (Å²) in [5, 5.41) is 14.1. The molecule has 1 rings (SSSR count).